The van der Waals surface area contributed by atoms with Crippen molar-refractivity contribution < 1.29 is 31.1 Å². The van der Waals surface area contributed by atoms with E-state index in [0.717, 1.165) is 24.4 Å². The number of anilines is 1. The van der Waals surface area contributed by atoms with E-state index in [2.05, 4.69) is 4.98 Å². The molecule has 0 bridgehead atoms. The van der Waals surface area contributed by atoms with Crippen molar-refractivity contribution >= 4 is 5.82 Å². The lowest BCUT2D eigenvalue weighted by Crippen LogP contribution is -2.38. The first-order valence-corrected chi connectivity index (χ1v) is 7.71. The Labute approximate surface area is 145 Å². The molecule has 3 nitrogen and oxygen atoms in total. The van der Waals surface area contributed by atoms with Crippen LogP contribution in [0.25, 0.3) is 0 Å². The second-order valence-corrected chi connectivity index (χ2v) is 5.83. The number of ether oxygens (including phenoxy) is 1. The number of rotatable bonds is 2. The number of morpholine rings is 1. The Kier molecular flexibility index (Phi) is 4.83. The molecule has 0 aliphatic carbocycles. The molecule has 1 aromatic carbocycles. The standard InChI is InChI=1S/C17H14F6N2O/c18-16(19,20)12-3-1-11(2-4-12)14-10-25(7-8-26-14)15-6-5-13(9-24-15)17(21,22)23/h1-6,9,14H,7-8,10H2. The Balaban J connectivity index is 1.73. The van der Waals surface area contributed by atoms with E-state index in [1.54, 1.807) is 4.90 Å². The molecule has 140 valence electrons. The normalized spacial score (nSPS) is 18.8. The topological polar surface area (TPSA) is 25.4 Å². The van der Waals surface area contributed by atoms with Gasteiger partial charge in [-0.3, -0.25) is 0 Å². The Bertz CT molecular complexity index is 676. The summed E-state index contributed by atoms with van der Waals surface area (Å²) >= 11 is 0. The van der Waals surface area contributed by atoms with Crippen LogP contribution in [0.15, 0.2) is 42.6 Å². The highest BCUT2D eigenvalue weighted by Crippen LogP contribution is 2.32. The monoisotopic (exact) mass is 376 g/mol. The van der Waals surface area contributed by atoms with Gasteiger partial charge in [0.25, 0.3) is 0 Å². The van der Waals surface area contributed by atoms with E-state index >= 15 is 0 Å². The van der Waals surface area contributed by atoms with Crippen molar-refractivity contribution in [2.75, 3.05) is 24.6 Å². The molecule has 1 unspecified atom stereocenters. The predicted molar refractivity (Wildman–Crippen MR) is 81.6 cm³/mol. The first-order valence-electron chi connectivity index (χ1n) is 7.71. The molecule has 1 fully saturated rings. The number of halogens is 6. The quantitative estimate of drug-likeness (QED) is 0.711. The van der Waals surface area contributed by atoms with E-state index in [4.69, 9.17) is 4.74 Å². The molecule has 0 N–H and O–H groups in total. The Morgan fingerprint density at radius 2 is 1.50 bits per heavy atom. The minimum Gasteiger partial charge on any atom is -0.370 e. The average Bonchev–Trinajstić information content (AvgIpc) is 2.61. The van der Waals surface area contributed by atoms with Gasteiger partial charge in [0.1, 0.15) is 11.9 Å². The summed E-state index contributed by atoms with van der Waals surface area (Å²) in [6.45, 7) is 0.994. The average molecular weight is 376 g/mol. The van der Waals surface area contributed by atoms with Crippen LogP contribution in [-0.2, 0) is 17.1 Å². The van der Waals surface area contributed by atoms with Crippen molar-refractivity contribution in [3.05, 3.63) is 59.3 Å². The lowest BCUT2D eigenvalue weighted by molar-refractivity contribution is -0.138. The van der Waals surface area contributed by atoms with Crippen LogP contribution in [-0.4, -0.2) is 24.7 Å². The number of alkyl halides is 6. The third-order valence-corrected chi connectivity index (χ3v) is 4.08. The van der Waals surface area contributed by atoms with Gasteiger partial charge in [0, 0.05) is 19.3 Å². The van der Waals surface area contributed by atoms with Gasteiger partial charge < -0.3 is 9.64 Å². The number of aromatic nitrogens is 1. The molecule has 3 rings (SSSR count). The minimum atomic E-state index is -4.46. The molecule has 0 saturated carbocycles. The fourth-order valence-corrected chi connectivity index (χ4v) is 2.69. The highest BCUT2D eigenvalue weighted by molar-refractivity contribution is 5.41. The van der Waals surface area contributed by atoms with Gasteiger partial charge in [-0.2, -0.15) is 26.3 Å². The maximum absolute atomic E-state index is 12.6. The summed E-state index contributed by atoms with van der Waals surface area (Å²) in [5, 5.41) is 0. The first kappa shape index (κ1) is 18.5. The maximum Gasteiger partial charge on any atom is 0.417 e. The van der Waals surface area contributed by atoms with Crippen LogP contribution in [0.4, 0.5) is 32.2 Å². The van der Waals surface area contributed by atoms with Crippen LogP contribution in [0.2, 0.25) is 0 Å². The molecule has 1 aromatic heterocycles. The molecular formula is C17H14F6N2O. The molecule has 0 radical (unpaired) electrons. The molecule has 2 aromatic rings. The van der Waals surface area contributed by atoms with Crippen molar-refractivity contribution in [1.82, 2.24) is 4.98 Å². The molecule has 1 aliphatic rings. The van der Waals surface area contributed by atoms with Gasteiger partial charge in [-0.05, 0) is 29.8 Å². The summed E-state index contributed by atoms with van der Waals surface area (Å²) in [4.78, 5) is 5.59. The molecule has 1 aliphatic heterocycles. The minimum absolute atomic E-state index is 0.281. The Morgan fingerprint density at radius 1 is 0.885 bits per heavy atom. The lowest BCUT2D eigenvalue weighted by atomic mass is 10.1. The summed E-state index contributed by atoms with van der Waals surface area (Å²) < 4.78 is 81.3. The van der Waals surface area contributed by atoms with Crippen molar-refractivity contribution in [2.24, 2.45) is 0 Å². The second kappa shape index (κ2) is 6.79. The van der Waals surface area contributed by atoms with E-state index in [9.17, 15) is 26.3 Å². The molecule has 1 atom stereocenters. The van der Waals surface area contributed by atoms with Crippen LogP contribution in [0.1, 0.15) is 22.8 Å². The summed E-state index contributed by atoms with van der Waals surface area (Å²) in [6.07, 6.45) is -8.60. The van der Waals surface area contributed by atoms with E-state index in [0.29, 0.717) is 17.9 Å². The Hall–Kier alpha value is -2.29. The van der Waals surface area contributed by atoms with E-state index < -0.39 is 29.6 Å². The largest absolute Gasteiger partial charge is 0.417 e. The van der Waals surface area contributed by atoms with Gasteiger partial charge in [-0.15, -0.1) is 0 Å². The smallest absolute Gasteiger partial charge is 0.370 e. The van der Waals surface area contributed by atoms with Gasteiger partial charge in [0.2, 0.25) is 0 Å². The lowest BCUT2D eigenvalue weighted by Gasteiger charge is -2.34. The molecular weight excluding hydrogens is 362 g/mol. The first-order chi connectivity index (χ1) is 12.1. The van der Waals surface area contributed by atoms with Crippen molar-refractivity contribution in [3.63, 3.8) is 0 Å². The van der Waals surface area contributed by atoms with Crippen LogP contribution in [0, 0.1) is 0 Å². The molecule has 0 spiro atoms. The highest BCUT2D eigenvalue weighted by Gasteiger charge is 2.32. The van der Waals surface area contributed by atoms with Gasteiger partial charge in [0.05, 0.1) is 17.7 Å². The number of hydrogen-bond acceptors (Lipinski definition) is 3. The van der Waals surface area contributed by atoms with Crippen LogP contribution in [0.3, 0.4) is 0 Å². The fraction of sp³-hybridized carbons (Fsp3) is 0.353. The summed E-state index contributed by atoms with van der Waals surface area (Å²) in [6, 6.07) is 6.87. The zero-order chi connectivity index (χ0) is 18.9. The van der Waals surface area contributed by atoms with Crippen molar-refractivity contribution in [1.29, 1.82) is 0 Å². The van der Waals surface area contributed by atoms with Crippen LogP contribution < -0.4 is 4.90 Å². The van der Waals surface area contributed by atoms with Crippen LogP contribution >= 0.6 is 0 Å². The van der Waals surface area contributed by atoms with Gasteiger partial charge >= 0.3 is 12.4 Å². The van der Waals surface area contributed by atoms with E-state index in [-0.39, 0.29) is 13.2 Å². The summed E-state index contributed by atoms with van der Waals surface area (Å²) in [7, 11) is 0. The van der Waals surface area contributed by atoms with Gasteiger partial charge in [-0.25, -0.2) is 4.98 Å². The summed E-state index contributed by atoms with van der Waals surface area (Å²) in [5.74, 6) is 0.359. The zero-order valence-electron chi connectivity index (χ0n) is 13.3. The number of pyridine rings is 1. The molecule has 26 heavy (non-hydrogen) atoms. The number of hydrogen-bond donors (Lipinski definition) is 0. The molecule has 2 heterocycles. The third kappa shape index (κ3) is 4.09. The maximum atomic E-state index is 12.6. The summed E-state index contributed by atoms with van der Waals surface area (Å²) in [5.41, 5.74) is -1.03. The molecule has 9 heteroatoms. The van der Waals surface area contributed by atoms with Crippen molar-refractivity contribution in [2.45, 2.75) is 18.5 Å². The third-order valence-electron chi connectivity index (χ3n) is 4.08. The SMILES string of the molecule is FC(F)(F)c1ccc(C2CN(c3ccc(C(F)(F)F)cn3)CCO2)cc1. The number of nitrogens with zero attached hydrogens (tertiary/aromatic N) is 2. The fourth-order valence-electron chi connectivity index (χ4n) is 2.69. The van der Waals surface area contributed by atoms with E-state index in [1.165, 1.54) is 18.2 Å². The zero-order valence-corrected chi connectivity index (χ0v) is 13.3. The van der Waals surface area contributed by atoms with Crippen LogP contribution in [0.5, 0.6) is 0 Å². The van der Waals surface area contributed by atoms with Gasteiger partial charge in [-0.1, -0.05) is 12.1 Å². The molecule has 1 saturated heterocycles. The Morgan fingerprint density at radius 3 is 2.04 bits per heavy atom. The predicted octanol–water partition coefficient (Wildman–Crippen LogP) is 4.70. The van der Waals surface area contributed by atoms with E-state index in [1.807, 2.05) is 0 Å². The number of benzene rings is 1. The molecule has 0 amide bonds. The highest BCUT2D eigenvalue weighted by atomic mass is 19.4. The van der Waals surface area contributed by atoms with Crippen molar-refractivity contribution in [3.8, 4) is 0 Å². The second-order valence-electron chi connectivity index (χ2n) is 5.83. The van der Waals surface area contributed by atoms with Gasteiger partial charge in [0.15, 0.2) is 0 Å².